The zero-order chi connectivity index (χ0) is 14.7. The molecule has 0 spiro atoms. The summed E-state index contributed by atoms with van der Waals surface area (Å²) in [4.78, 5) is 12.8. The van der Waals surface area contributed by atoms with Gasteiger partial charge in [-0.1, -0.05) is 0 Å². The van der Waals surface area contributed by atoms with Crippen molar-refractivity contribution in [2.45, 2.75) is 25.9 Å². The van der Waals surface area contributed by atoms with Gasteiger partial charge >= 0.3 is 5.97 Å². The van der Waals surface area contributed by atoms with Crippen LogP contribution in [0, 0.1) is 0 Å². The smallest absolute Gasteiger partial charge is 0.320 e. The van der Waals surface area contributed by atoms with Crippen LogP contribution in [-0.4, -0.2) is 42.3 Å². The van der Waals surface area contributed by atoms with Crippen molar-refractivity contribution in [1.82, 2.24) is 4.90 Å². The maximum atomic E-state index is 11.0. The number of likely N-dealkylation sites (N-methyl/N-ethyl adjacent to an activating group) is 1. The van der Waals surface area contributed by atoms with Crippen molar-refractivity contribution in [2.75, 3.05) is 20.3 Å². The molecule has 1 aliphatic rings. The first-order valence-electron chi connectivity index (χ1n) is 6.50. The van der Waals surface area contributed by atoms with Gasteiger partial charge in [-0.25, -0.2) is 0 Å². The highest BCUT2D eigenvalue weighted by atomic mass is 79.9. The predicted molar refractivity (Wildman–Crippen MR) is 78.3 cm³/mol. The normalized spacial score (nSPS) is 15.8. The number of carbonyl (C=O) groups is 1. The summed E-state index contributed by atoms with van der Waals surface area (Å²) in [5.74, 6) is 0.601. The van der Waals surface area contributed by atoms with E-state index in [0.29, 0.717) is 25.5 Å². The van der Waals surface area contributed by atoms with Crippen LogP contribution in [0.2, 0.25) is 0 Å². The number of halogens is 1. The highest BCUT2D eigenvalue weighted by molar-refractivity contribution is 9.10. The first-order valence-corrected chi connectivity index (χ1v) is 7.29. The number of nitrogens with zero attached hydrogens (tertiary/aromatic N) is 1. The number of benzene rings is 1. The highest BCUT2D eigenvalue weighted by Gasteiger charge is 2.19. The third-order valence-corrected chi connectivity index (χ3v) is 3.90. The SMILES string of the molecule is CC(C(=O)O)N(C)Cc1cc(Br)c2c(c1)OCCCO2. The Kier molecular flexibility index (Phi) is 4.88. The van der Waals surface area contributed by atoms with Crippen LogP contribution >= 0.6 is 15.9 Å². The Bertz CT molecular complexity index is 506. The van der Waals surface area contributed by atoms with Gasteiger partial charge in [0.1, 0.15) is 6.04 Å². The van der Waals surface area contributed by atoms with Crippen LogP contribution in [0.4, 0.5) is 0 Å². The van der Waals surface area contributed by atoms with E-state index in [2.05, 4.69) is 15.9 Å². The summed E-state index contributed by atoms with van der Waals surface area (Å²) in [7, 11) is 1.79. The van der Waals surface area contributed by atoms with Crippen LogP contribution in [0.1, 0.15) is 18.9 Å². The Balaban J connectivity index is 2.19. The van der Waals surface area contributed by atoms with Crippen molar-refractivity contribution >= 4 is 21.9 Å². The maximum absolute atomic E-state index is 11.0. The standard InChI is InChI=1S/C14H18BrNO4/c1-9(14(17)18)16(2)8-10-6-11(15)13-12(7-10)19-4-3-5-20-13/h6-7,9H,3-5,8H2,1-2H3,(H,17,18). The van der Waals surface area contributed by atoms with Gasteiger partial charge in [-0.05, 0) is 47.6 Å². The lowest BCUT2D eigenvalue weighted by Gasteiger charge is -2.22. The van der Waals surface area contributed by atoms with Gasteiger partial charge in [0.05, 0.1) is 17.7 Å². The summed E-state index contributed by atoms with van der Waals surface area (Å²) in [6.07, 6.45) is 0.854. The third-order valence-electron chi connectivity index (χ3n) is 3.31. The molecule has 2 rings (SSSR count). The van der Waals surface area contributed by atoms with Gasteiger partial charge in [-0.3, -0.25) is 9.69 Å². The fourth-order valence-corrected chi connectivity index (χ4v) is 2.59. The van der Waals surface area contributed by atoms with Gasteiger partial charge in [0, 0.05) is 13.0 Å². The first kappa shape index (κ1) is 15.1. The molecule has 1 aromatic rings. The average Bonchev–Trinajstić information content (AvgIpc) is 2.63. The largest absolute Gasteiger partial charge is 0.490 e. The van der Waals surface area contributed by atoms with E-state index >= 15 is 0 Å². The second-order valence-corrected chi connectivity index (χ2v) is 5.74. The molecule has 0 aliphatic carbocycles. The minimum Gasteiger partial charge on any atom is -0.490 e. The summed E-state index contributed by atoms with van der Waals surface area (Å²) < 4.78 is 12.2. The molecule has 20 heavy (non-hydrogen) atoms. The number of hydrogen-bond donors (Lipinski definition) is 1. The topological polar surface area (TPSA) is 59.0 Å². The summed E-state index contributed by atoms with van der Waals surface area (Å²) in [5, 5.41) is 9.02. The maximum Gasteiger partial charge on any atom is 0.320 e. The number of hydrogen-bond acceptors (Lipinski definition) is 4. The fourth-order valence-electron chi connectivity index (χ4n) is 1.99. The van der Waals surface area contributed by atoms with E-state index in [9.17, 15) is 4.79 Å². The van der Waals surface area contributed by atoms with Gasteiger partial charge in [0.2, 0.25) is 0 Å². The van der Waals surface area contributed by atoms with Crippen molar-refractivity contribution in [3.63, 3.8) is 0 Å². The van der Waals surface area contributed by atoms with Gasteiger partial charge in [0.25, 0.3) is 0 Å². The van der Waals surface area contributed by atoms with Gasteiger partial charge in [-0.15, -0.1) is 0 Å². The van der Waals surface area contributed by atoms with Crippen LogP contribution in [0.25, 0.3) is 0 Å². The summed E-state index contributed by atoms with van der Waals surface area (Å²) in [5.41, 5.74) is 0.983. The molecular weight excluding hydrogens is 326 g/mol. The Labute approximate surface area is 126 Å². The minimum atomic E-state index is -0.832. The molecule has 1 heterocycles. The first-order chi connectivity index (χ1) is 9.49. The van der Waals surface area contributed by atoms with Gasteiger partial charge in [-0.2, -0.15) is 0 Å². The van der Waals surface area contributed by atoms with E-state index in [-0.39, 0.29) is 0 Å². The Morgan fingerprint density at radius 1 is 1.45 bits per heavy atom. The number of carboxylic acids is 1. The molecule has 1 aromatic carbocycles. The van der Waals surface area contributed by atoms with Crippen LogP contribution in [-0.2, 0) is 11.3 Å². The molecule has 0 amide bonds. The fraction of sp³-hybridized carbons (Fsp3) is 0.500. The van der Waals surface area contributed by atoms with Crippen molar-refractivity contribution in [3.8, 4) is 11.5 Å². The Morgan fingerprint density at radius 2 is 2.15 bits per heavy atom. The lowest BCUT2D eigenvalue weighted by Crippen LogP contribution is -2.35. The summed E-state index contributed by atoms with van der Waals surface area (Å²) in [6.45, 7) is 3.47. The van der Waals surface area contributed by atoms with Gasteiger partial charge < -0.3 is 14.6 Å². The quantitative estimate of drug-likeness (QED) is 0.910. The van der Waals surface area contributed by atoms with Crippen LogP contribution in [0.5, 0.6) is 11.5 Å². The van der Waals surface area contributed by atoms with Gasteiger partial charge in [0.15, 0.2) is 11.5 Å². The Morgan fingerprint density at radius 3 is 2.85 bits per heavy atom. The molecule has 0 radical (unpaired) electrons. The van der Waals surface area contributed by atoms with Crippen molar-refractivity contribution in [2.24, 2.45) is 0 Å². The molecule has 110 valence electrons. The van der Waals surface area contributed by atoms with E-state index in [1.807, 2.05) is 12.1 Å². The van der Waals surface area contributed by atoms with Crippen molar-refractivity contribution in [1.29, 1.82) is 0 Å². The lowest BCUT2D eigenvalue weighted by atomic mass is 10.1. The molecule has 0 bridgehead atoms. The lowest BCUT2D eigenvalue weighted by molar-refractivity contribution is -0.142. The molecule has 1 unspecified atom stereocenters. The summed E-state index contributed by atoms with van der Waals surface area (Å²) in [6, 6.07) is 3.32. The third kappa shape index (κ3) is 3.43. The van der Waals surface area contributed by atoms with Crippen molar-refractivity contribution in [3.05, 3.63) is 22.2 Å². The molecule has 0 saturated carbocycles. The van der Waals surface area contributed by atoms with E-state index in [0.717, 1.165) is 22.2 Å². The molecule has 5 nitrogen and oxygen atoms in total. The average molecular weight is 344 g/mol. The Hall–Kier alpha value is -1.27. The molecule has 0 fully saturated rings. The highest BCUT2D eigenvalue weighted by Crippen LogP contribution is 2.38. The second-order valence-electron chi connectivity index (χ2n) is 4.88. The number of rotatable bonds is 4. The van der Waals surface area contributed by atoms with Crippen LogP contribution in [0.3, 0.4) is 0 Å². The monoisotopic (exact) mass is 343 g/mol. The van der Waals surface area contributed by atoms with Crippen LogP contribution < -0.4 is 9.47 Å². The van der Waals surface area contributed by atoms with E-state index in [1.165, 1.54) is 0 Å². The molecule has 1 N–H and O–H groups in total. The molecule has 1 aliphatic heterocycles. The van der Waals surface area contributed by atoms with Crippen LogP contribution in [0.15, 0.2) is 16.6 Å². The number of fused-ring (bicyclic) bond motifs is 1. The molecule has 0 aromatic heterocycles. The molecular formula is C14H18BrNO4. The molecule has 6 heteroatoms. The molecule has 1 atom stereocenters. The van der Waals surface area contributed by atoms with E-state index in [1.54, 1.807) is 18.9 Å². The zero-order valence-corrected chi connectivity index (χ0v) is 13.1. The zero-order valence-electron chi connectivity index (χ0n) is 11.6. The number of ether oxygens (including phenoxy) is 2. The minimum absolute atomic E-state index is 0.530. The number of carboxylic acid groups (broad SMARTS) is 1. The van der Waals surface area contributed by atoms with Crippen molar-refractivity contribution < 1.29 is 19.4 Å². The van der Waals surface area contributed by atoms with E-state index in [4.69, 9.17) is 14.6 Å². The number of aliphatic carboxylic acids is 1. The second kappa shape index (κ2) is 6.45. The summed E-state index contributed by atoms with van der Waals surface area (Å²) >= 11 is 3.48. The van der Waals surface area contributed by atoms with E-state index < -0.39 is 12.0 Å². The molecule has 0 saturated heterocycles. The predicted octanol–water partition coefficient (Wildman–Crippen LogP) is 2.52.